The second-order valence-corrected chi connectivity index (χ2v) is 4.70. The first-order valence-electron chi connectivity index (χ1n) is 7.08. The summed E-state index contributed by atoms with van der Waals surface area (Å²) in [4.78, 5) is 23.3. The van der Waals surface area contributed by atoms with Crippen LogP contribution < -0.4 is 10.9 Å². The lowest BCUT2D eigenvalue weighted by molar-refractivity contribution is -0.121. The van der Waals surface area contributed by atoms with Gasteiger partial charge in [-0.1, -0.05) is 0 Å². The Kier molecular flexibility index (Phi) is 5.91. The van der Waals surface area contributed by atoms with Gasteiger partial charge in [0.1, 0.15) is 5.69 Å². The highest BCUT2D eigenvalue weighted by atomic mass is 16.5. The number of amides is 1. The number of hydrogen-bond acceptors (Lipinski definition) is 5. The van der Waals surface area contributed by atoms with Crippen LogP contribution in [0.3, 0.4) is 0 Å². The monoisotopic (exact) mass is 305 g/mol. The van der Waals surface area contributed by atoms with Crippen molar-refractivity contribution >= 4 is 5.91 Å². The maximum absolute atomic E-state index is 11.8. The van der Waals surface area contributed by atoms with E-state index in [1.807, 2.05) is 0 Å². The van der Waals surface area contributed by atoms with Crippen molar-refractivity contribution in [1.29, 1.82) is 0 Å². The third-order valence-corrected chi connectivity index (χ3v) is 3.04. The first-order chi connectivity index (χ1) is 10.7. The Balaban J connectivity index is 1.89. The van der Waals surface area contributed by atoms with Gasteiger partial charge in [-0.15, -0.1) is 0 Å². The molecule has 0 fully saturated rings. The Morgan fingerprint density at radius 1 is 1.41 bits per heavy atom. The summed E-state index contributed by atoms with van der Waals surface area (Å²) >= 11 is 0. The van der Waals surface area contributed by atoms with Crippen LogP contribution in [-0.4, -0.2) is 35.9 Å². The van der Waals surface area contributed by atoms with Gasteiger partial charge in [0.15, 0.2) is 5.76 Å². The fourth-order valence-corrected chi connectivity index (χ4v) is 1.94. The maximum Gasteiger partial charge on any atom is 0.266 e. The minimum Gasteiger partial charge on any atom is -0.463 e. The Hall–Kier alpha value is -2.41. The topological polar surface area (TPSA) is 86.4 Å². The van der Waals surface area contributed by atoms with Crippen LogP contribution in [0.2, 0.25) is 0 Å². The number of carbonyl (C=O) groups is 1. The molecule has 2 rings (SSSR count). The fraction of sp³-hybridized carbons (Fsp3) is 0.400. The van der Waals surface area contributed by atoms with Gasteiger partial charge in [0.05, 0.1) is 12.9 Å². The first-order valence-corrected chi connectivity index (χ1v) is 7.08. The number of carbonyl (C=O) groups excluding carboxylic acids is 1. The van der Waals surface area contributed by atoms with Gasteiger partial charge in [-0.25, -0.2) is 4.68 Å². The van der Waals surface area contributed by atoms with E-state index in [4.69, 9.17) is 9.15 Å². The zero-order valence-electron chi connectivity index (χ0n) is 12.4. The van der Waals surface area contributed by atoms with E-state index in [2.05, 4.69) is 10.4 Å². The van der Waals surface area contributed by atoms with E-state index in [9.17, 15) is 9.59 Å². The molecule has 22 heavy (non-hydrogen) atoms. The largest absolute Gasteiger partial charge is 0.463 e. The normalized spacial score (nSPS) is 10.6. The van der Waals surface area contributed by atoms with Crippen molar-refractivity contribution in [2.75, 3.05) is 20.3 Å². The quantitative estimate of drug-likeness (QED) is 0.737. The summed E-state index contributed by atoms with van der Waals surface area (Å²) in [6.07, 6.45) is 2.42. The Morgan fingerprint density at radius 2 is 2.27 bits per heavy atom. The van der Waals surface area contributed by atoms with Crippen LogP contribution in [0.1, 0.15) is 12.8 Å². The summed E-state index contributed by atoms with van der Waals surface area (Å²) in [7, 11) is 1.58. The van der Waals surface area contributed by atoms with Crippen molar-refractivity contribution in [1.82, 2.24) is 15.1 Å². The van der Waals surface area contributed by atoms with Crippen molar-refractivity contribution in [2.24, 2.45) is 0 Å². The van der Waals surface area contributed by atoms with E-state index in [0.717, 1.165) is 0 Å². The molecule has 118 valence electrons. The molecule has 1 N–H and O–H groups in total. The lowest BCUT2D eigenvalue weighted by Crippen LogP contribution is -2.28. The van der Waals surface area contributed by atoms with Crippen LogP contribution in [0.4, 0.5) is 0 Å². The summed E-state index contributed by atoms with van der Waals surface area (Å²) in [5, 5.41) is 6.98. The molecule has 2 heterocycles. The van der Waals surface area contributed by atoms with E-state index < -0.39 is 0 Å². The number of rotatable bonds is 8. The van der Waals surface area contributed by atoms with Gasteiger partial charge in [-0.3, -0.25) is 9.59 Å². The van der Waals surface area contributed by atoms with Crippen LogP contribution in [0, 0.1) is 0 Å². The zero-order chi connectivity index (χ0) is 15.8. The van der Waals surface area contributed by atoms with Crippen LogP contribution >= 0.6 is 0 Å². The van der Waals surface area contributed by atoms with Crippen molar-refractivity contribution in [2.45, 2.75) is 19.4 Å². The molecule has 0 aliphatic heterocycles. The summed E-state index contributed by atoms with van der Waals surface area (Å²) < 4.78 is 11.5. The molecule has 0 aliphatic rings. The van der Waals surface area contributed by atoms with Gasteiger partial charge in [0.2, 0.25) is 5.91 Å². The van der Waals surface area contributed by atoms with E-state index in [1.54, 1.807) is 31.6 Å². The zero-order valence-corrected chi connectivity index (χ0v) is 12.4. The van der Waals surface area contributed by atoms with Gasteiger partial charge >= 0.3 is 0 Å². The molecule has 0 aromatic carbocycles. The molecular weight excluding hydrogens is 286 g/mol. The average Bonchev–Trinajstić information content (AvgIpc) is 3.04. The predicted molar refractivity (Wildman–Crippen MR) is 80.3 cm³/mol. The summed E-state index contributed by atoms with van der Waals surface area (Å²) in [6, 6.07) is 6.61. The van der Waals surface area contributed by atoms with Crippen LogP contribution in [0.25, 0.3) is 11.5 Å². The number of nitrogens with one attached hydrogen (secondary N) is 1. The second kappa shape index (κ2) is 8.14. The molecule has 0 spiro atoms. The predicted octanol–water partition coefficient (Wildman–Crippen LogP) is 1.05. The maximum atomic E-state index is 11.8. The first kappa shape index (κ1) is 16.0. The Labute approximate surface area is 127 Å². The number of aryl methyl sites for hydroxylation is 1. The highest BCUT2D eigenvalue weighted by molar-refractivity contribution is 5.75. The number of hydrogen-bond donors (Lipinski definition) is 1. The van der Waals surface area contributed by atoms with Crippen LogP contribution in [0.15, 0.2) is 39.7 Å². The number of furan rings is 1. The van der Waals surface area contributed by atoms with Crippen LogP contribution in [-0.2, 0) is 16.1 Å². The van der Waals surface area contributed by atoms with E-state index >= 15 is 0 Å². The van der Waals surface area contributed by atoms with Crippen molar-refractivity contribution in [3.8, 4) is 11.5 Å². The standard InChI is InChI=1S/C15H19N3O4/c1-21-11-8-16-14(19)5-2-9-18-15(20)7-6-12(17-18)13-4-3-10-22-13/h3-4,6-7,10H,2,5,8-9,11H2,1H3,(H,16,19). The van der Waals surface area contributed by atoms with Gasteiger partial charge < -0.3 is 14.5 Å². The van der Waals surface area contributed by atoms with Crippen molar-refractivity contribution in [3.63, 3.8) is 0 Å². The molecule has 0 saturated heterocycles. The van der Waals surface area contributed by atoms with Gasteiger partial charge in [0, 0.05) is 32.7 Å². The van der Waals surface area contributed by atoms with E-state index in [0.29, 0.717) is 44.0 Å². The molecule has 0 bridgehead atoms. The SMILES string of the molecule is COCCNC(=O)CCCn1nc(-c2ccco2)ccc1=O. The molecule has 1 amide bonds. The van der Waals surface area contributed by atoms with E-state index in [1.165, 1.54) is 10.7 Å². The molecule has 0 aliphatic carbocycles. The molecule has 0 radical (unpaired) electrons. The van der Waals surface area contributed by atoms with E-state index in [-0.39, 0.29) is 11.5 Å². The minimum absolute atomic E-state index is 0.0627. The fourth-order valence-electron chi connectivity index (χ4n) is 1.94. The number of aromatic nitrogens is 2. The van der Waals surface area contributed by atoms with Gasteiger partial charge in [-0.05, 0) is 24.6 Å². The molecular formula is C15H19N3O4. The second-order valence-electron chi connectivity index (χ2n) is 4.70. The highest BCUT2D eigenvalue weighted by Gasteiger charge is 2.06. The van der Waals surface area contributed by atoms with Crippen molar-refractivity contribution < 1.29 is 13.9 Å². The third-order valence-electron chi connectivity index (χ3n) is 3.04. The number of ether oxygens (including phenoxy) is 1. The lowest BCUT2D eigenvalue weighted by atomic mass is 10.3. The minimum atomic E-state index is -0.199. The average molecular weight is 305 g/mol. The molecule has 2 aromatic rings. The third kappa shape index (κ3) is 4.56. The van der Waals surface area contributed by atoms with Gasteiger partial charge in [-0.2, -0.15) is 5.10 Å². The summed E-state index contributed by atoms with van der Waals surface area (Å²) in [5.74, 6) is 0.540. The number of nitrogens with zero attached hydrogens (tertiary/aromatic N) is 2. The molecule has 0 unspecified atom stereocenters. The Morgan fingerprint density at radius 3 is 3.00 bits per heavy atom. The smallest absolute Gasteiger partial charge is 0.266 e. The summed E-state index contributed by atoms with van der Waals surface area (Å²) in [6.45, 7) is 1.35. The molecule has 7 nitrogen and oxygen atoms in total. The number of methoxy groups -OCH3 is 1. The van der Waals surface area contributed by atoms with Crippen LogP contribution in [0.5, 0.6) is 0 Å². The lowest BCUT2D eigenvalue weighted by Gasteiger charge is -2.06. The van der Waals surface area contributed by atoms with Crippen molar-refractivity contribution in [3.05, 3.63) is 40.9 Å². The molecule has 2 aromatic heterocycles. The molecule has 0 atom stereocenters. The summed E-state index contributed by atoms with van der Waals surface area (Å²) in [5.41, 5.74) is 0.393. The molecule has 7 heteroatoms. The Bertz CT molecular complexity index is 649. The highest BCUT2D eigenvalue weighted by Crippen LogP contribution is 2.15. The molecule has 0 saturated carbocycles. The van der Waals surface area contributed by atoms with Gasteiger partial charge in [0.25, 0.3) is 5.56 Å².